The number of furan rings is 1. The van der Waals surface area contributed by atoms with Crippen LogP contribution >= 0.6 is 22.9 Å². The maximum atomic E-state index is 12.9. The molecule has 3 heterocycles. The molecule has 1 fully saturated rings. The maximum Gasteiger partial charge on any atom is 0.305 e. The van der Waals surface area contributed by atoms with Crippen molar-refractivity contribution in [2.45, 2.75) is 18.1 Å². The third-order valence-corrected chi connectivity index (χ3v) is 8.69. The number of nitrogens with zero attached hydrogens (tertiary/aromatic N) is 2. The molecule has 0 bridgehead atoms. The van der Waals surface area contributed by atoms with E-state index in [9.17, 15) is 18.0 Å². The van der Waals surface area contributed by atoms with Gasteiger partial charge in [-0.05, 0) is 32.0 Å². The van der Waals surface area contributed by atoms with Gasteiger partial charge in [0.05, 0.1) is 0 Å². The fourth-order valence-electron chi connectivity index (χ4n) is 3.43. The highest BCUT2D eigenvalue weighted by Crippen LogP contribution is 2.29. The molecule has 1 aliphatic heterocycles. The normalized spacial score (nSPS) is 15.9. The minimum Gasteiger partial charge on any atom is -0.451 e. The van der Waals surface area contributed by atoms with E-state index in [1.807, 2.05) is 0 Å². The standard InChI is InChI=1S/C18H18ClN3O5S2/c1-10-13-9-12(19)3-4-14(13)27-15(10)16(23)21-5-7-22(8-6-21)29(25,26)17-11(2)20-18(24)28-17/h3-4,9H,5-8H2,1-2H3,(H,20,24). The number of sulfonamides is 1. The molecule has 2 aromatic heterocycles. The number of H-pyrrole nitrogens is 1. The van der Waals surface area contributed by atoms with Gasteiger partial charge < -0.3 is 14.3 Å². The molecule has 0 atom stereocenters. The number of amides is 1. The number of aryl methyl sites for hydroxylation is 2. The number of nitrogens with one attached hydrogen (secondary N) is 1. The van der Waals surface area contributed by atoms with Crippen molar-refractivity contribution in [3.63, 3.8) is 0 Å². The van der Waals surface area contributed by atoms with Crippen molar-refractivity contribution < 1.29 is 17.6 Å². The van der Waals surface area contributed by atoms with E-state index in [4.69, 9.17) is 16.0 Å². The first-order chi connectivity index (χ1) is 13.7. The Labute approximate surface area is 175 Å². The van der Waals surface area contributed by atoms with Crippen molar-refractivity contribution in [1.82, 2.24) is 14.2 Å². The van der Waals surface area contributed by atoms with Crippen molar-refractivity contribution in [3.8, 4) is 0 Å². The Bertz CT molecular complexity index is 1270. The van der Waals surface area contributed by atoms with Crippen LogP contribution in [0.4, 0.5) is 0 Å². The number of thiazole rings is 1. The molecule has 0 unspecified atom stereocenters. The van der Waals surface area contributed by atoms with E-state index in [2.05, 4.69) is 4.98 Å². The number of hydrogen-bond acceptors (Lipinski definition) is 6. The fourth-order valence-corrected chi connectivity index (χ4v) is 6.46. The predicted molar refractivity (Wildman–Crippen MR) is 110 cm³/mol. The van der Waals surface area contributed by atoms with Gasteiger partial charge in [0, 0.05) is 47.8 Å². The van der Waals surface area contributed by atoms with E-state index in [0.717, 1.165) is 5.39 Å². The van der Waals surface area contributed by atoms with Crippen molar-refractivity contribution in [3.05, 3.63) is 49.9 Å². The number of benzene rings is 1. The molecule has 8 nitrogen and oxygen atoms in total. The average Bonchev–Trinajstić information content (AvgIpc) is 3.20. The van der Waals surface area contributed by atoms with E-state index in [-0.39, 0.29) is 42.1 Å². The van der Waals surface area contributed by atoms with Crippen molar-refractivity contribution in [2.24, 2.45) is 0 Å². The Morgan fingerprint density at radius 2 is 1.90 bits per heavy atom. The highest BCUT2D eigenvalue weighted by atomic mass is 35.5. The van der Waals surface area contributed by atoms with Crippen LogP contribution < -0.4 is 4.87 Å². The monoisotopic (exact) mass is 455 g/mol. The first kappa shape index (κ1) is 20.1. The van der Waals surface area contributed by atoms with Gasteiger partial charge in [-0.1, -0.05) is 22.9 Å². The molecule has 1 aromatic carbocycles. The van der Waals surface area contributed by atoms with Crippen LogP contribution in [0.1, 0.15) is 21.8 Å². The molecule has 0 radical (unpaired) electrons. The van der Waals surface area contributed by atoms with Crippen LogP contribution in [-0.2, 0) is 10.0 Å². The molecule has 1 saturated heterocycles. The number of hydrogen-bond donors (Lipinski definition) is 1. The average molecular weight is 456 g/mol. The van der Waals surface area contributed by atoms with Gasteiger partial charge >= 0.3 is 4.87 Å². The van der Waals surface area contributed by atoms with Crippen LogP contribution in [-0.4, -0.2) is 54.7 Å². The first-order valence-corrected chi connectivity index (χ1v) is 11.5. The molecule has 1 aliphatic rings. The molecule has 29 heavy (non-hydrogen) atoms. The third-order valence-electron chi connectivity index (χ3n) is 4.97. The third kappa shape index (κ3) is 3.50. The van der Waals surface area contributed by atoms with E-state index >= 15 is 0 Å². The number of rotatable bonds is 3. The summed E-state index contributed by atoms with van der Waals surface area (Å²) < 4.78 is 32.7. The molecule has 11 heteroatoms. The van der Waals surface area contributed by atoms with E-state index in [1.54, 1.807) is 36.9 Å². The SMILES string of the molecule is Cc1[nH]c(=O)sc1S(=O)(=O)N1CCN(C(=O)c2oc3ccc(Cl)cc3c2C)CC1. The molecule has 4 rings (SSSR count). The fraction of sp³-hybridized carbons (Fsp3) is 0.333. The lowest BCUT2D eigenvalue weighted by Gasteiger charge is -2.33. The topological polar surface area (TPSA) is 104 Å². The second kappa shape index (κ2) is 7.28. The second-order valence-corrected chi connectivity index (χ2v) is 10.4. The van der Waals surface area contributed by atoms with Gasteiger partial charge in [0.2, 0.25) is 0 Å². The number of carbonyl (C=O) groups excluding carboxylic acids is 1. The van der Waals surface area contributed by atoms with Gasteiger partial charge in [-0.25, -0.2) is 8.42 Å². The Morgan fingerprint density at radius 1 is 1.21 bits per heavy atom. The van der Waals surface area contributed by atoms with Gasteiger partial charge in [-0.3, -0.25) is 9.59 Å². The summed E-state index contributed by atoms with van der Waals surface area (Å²) in [5.74, 6) is -0.0485. The second-order valence-electron chi connectivity index (χ2n) is 6.82. The van der Waals surface area contributed by atoms with E-state index in [1.165, 1.54) is 4.31 Å². The summed E-state index contributed by atoms with van der Waals surface area (Å²) in [7, 11) is -3.77. The molecule has 0 aliphatic carbocycles. The Balaban J connectivity index is 1.53. The highest BCUT2D eigenvalue weighted by Gasteiger charge is 2.34. The zero-order valence-electron chi connectivity index (χ0n) is 15.7. The lowest BCUT2D eigenvalue weighted by molar-refractivity contribution is 0.0667. The van der Waals surface area contributed by atoms with Crippen molar-refractivity contribution in [1.29, 1.82) is 0 Å². The summed E-state index contributed by atoms with van der Waals surface area (Å²) in [5.41, 5.74) is 1.61. The Kier molecular flexibility index (Phi) is 5.06. The van der Waals surface area contributed by atoms with E-state index < -0.39 is 14.9 Å². The van der Waals surface area contributed by atoms with Gasteiger partial charge in [0.1, 0.15) is 5.58 Å². The zero-order chi connectivity index (χ0) is 20.9. The van der Waals surface area contributed by atoms with Gasteiger partial charge in [-0.2, -0.15) is 4.31 Å². The largest absolute Gasteiger partial charge is 0.451 e. The molecular weight excluding hydrogens is 438 g/mol. The minimum atomic E-state index is -3.77. The van der Waals surface area contributed by atoms with Crippen LogP contribution in [0.15, 0.2) is 31.6 Å². The van der Waals surface area contributed by atoms with E-state index in [0.29, 0.717) is 33.2 Å². The summed E-state index contributed by atoms with van der Waals surface area (Å²) in [5, 5.41) is 1.33. The molecule has 0 spiro atoms. The Hall–Kier alpha value is -2.14. The van der Waals surface area contributed by atoms with Crippen LogP contribution in [0.3, 0.4) is 0 Å². The number of aromatic nitrogens is 1. The number of fused-ring (bicyclic) bond motifs is 1. The lowest BCUT2D eigenvalue weighted by Crippen LogP contribution is -2.50. The van der Waals surface area contributed by atoms with Crippen molar-refractivity contribution in [2.75, 3.05) is 26.2 Å². The van der Waals surface area contributed by atoms with Crippen molar-refractivity contribution >= 4 is 49.8 Å². The van der Waals surface area contributed by atoms with Crippen LogP contribution in [0.2, 0.25) is 5.02 Å². The quantitative estimate of drug-likeness (QED) is 0.653. The van der Waals surface area contributed by atoms with Crippen LogP contribution in [0, 0.1) is 13.8 Å². The first-order valence-electron chi connectivity index (χ1n) is 8.86. The number of piperazine rings is 1. The van der Waals surface area contributed by atoms with Gasteiger partial charge in [0.15, 0.2) is 9.97 Å². The molecule has 3 aromatic rings. The van der Waals surface area contributed by atoms with Gasteiger partial charge in [0.25, 0.3) is 15.9 Å². The molecule has 1 amide bonds. The summed E-state index contributed by atoms with van der Waals surface area (Å²) in [6, 6.07) is 5.17. The van der Waals surface area contributed by atoms with Crippen LogP contribution in [0.5, 0.6) is 0 Å². The highest BCUT2D eigenvalue weighted by molar-refractivity contribution is 7.91. The minimum absolute atomic E-state index is 0.0206. The summed E-state index contributed by atoms with van der Waals surface area (Å²) in [6.45, 7) is 4.10. The number of aromatic amines is 1. The van der Waals surface area contributed by atoms with Crippen LogP contribution in [0.25, 0.3) is 11.0 Å². The summed E-state index contributed by atoms with van der Waals surface area (Å²) in [4.78, 5) is 28.1. The lowest BCUT2D eigenvalue weighted by atomic mass is 10.1. The molecular formula is C18H18ClN3O5S2. The number of halogens is 1. The summed E-state index contributed by atoms with van der Waals surface area (Å²) >= 11 is 6.71. The molecule has 154 valence electrons. The number of carbonyl (C=O) groups is 1. The molecule has 1 N–H and O–H groups in total. The zero-order valence-corrected chi connectivity index (χ0v) is 18.1. The Morgan fingerprint density at radius 3 is 2.52 bits per heavy atom. The molecule has 0 saturated carbocycles. The summed E-state index contributed by atoms with van der Waals surface area (Å²) in [6.07, 6.45) is 0. The maximum absolute atomic E-state index is 12.9. The predicted octanol–water partition coefficient (Wildman–Crippen LogP) is 2.60. The smallest absolute Gasteiger partial charge is 0.305 e. The van der Waals surface area contributed by atoms with Gasteiger partial charge in [-0.15, -0.1) is 0 Å².